The van der Waals surface area contributed by atoms with Gasteiger partial charge in [-0.05, 0) is 12.5 Å². The fourth-order valence-electron chi connectivity index (χ4n) is 1.80. The predicted molar refractivity (Wildman–Crippen MR) is 64.9 cm³/mol. The molecule has 0 aliphatic heterocycles. The highest BCUT2D eigenvalue weighted by atomic mass is 32.2. The molecule has 0 aliphatic carbocycles. The third-order valence-electron chi connectivity index (χ3n) is 2.84. The number of sulfone groups is 1. The van der Waals surface area contributed by atoms with E-state index in [1.807, 2.05) is 0 Å². The van der Waals surface area contributed by atoms with E-state index in [1.54, 1.807) is 13.0 Å². The maximum Gasteiger partial charge on any atom is 0.155 e. The summed E-state index contributed by atoms with van der Waals surface area (Å²) in [5, 5.41) is 9.05. The fraction of sp³-hybridized carbons (Fsp3) is 0.500. The van der Waals surface area contributed by atoms with Gasteiger partial charge in [0.2, 0.25) is 0 Å². The van der Waals surface area contributed by atoms with Crippen molar-refractivity contribution in [2.24, 2.45) is 0 Å². The Kier molecular flexibility index (Phi) is 4.65. The molecule has 1 aromatic carbocycles. The maximum absolute atomic E-state index is 13.5. The smallest absolute Gasteiger partial charge is 0.155 e. The van der Waals surface area contributed by atoms with Crippen LogP contribution in [0, 0.1) is 5.82 Å². The quantitative estimate of drug-likeness (QED) is 0.881. The van der Waals surface area contributed by atoms with Crippen LogP contribution < -0.4 is 0 Å². The lowest BCUT2D eigenvalue weighted by Gasteiger charge is -2.21. The number of halogens is 1. The van der Waals surface area contributed by atoms with Crippen molar-refractivity contribution < 1.29 is 17.9 Å². The zero-order valence-corrected chi connectivity index (χ0v) is 10.7. The highest BCUT2D eigenvalue weighted by Crippen LogP contribution is 2.26. The van der Waals surface area contributed by atoms with Gasteiger partial charge in [-0.15, -0.1) is 0 Å². The zero-order valence-electron chi connectivity index (χ0n) is 9.93. The highest BCUT2D eigenvalue weighted by Gasteiger charge is 2.31. The average molecular weight is 260 g/mol. The monoisotopic (exact) mass is 260 g/mol. The van der Waals surface area contributed by atoms with Crippen molar-refractivity contribution in [2.45, 2.75) is 31.6 Å². The van der Waals surface area contributed by atoms with E-state index < -0.39 is 27.0 Å². The van der Waals surface area contributed by atoms with Gasteiger partial charge >= 0.3 is 0 Å². The predicted octanol–water partition coefficient (Wildman–Crippen LogP) is 2.07. The van der Waals surface area contributed by atoms with Gasteiger partial charge in [-0.2, -0.15) is 0 Å². The first-order valence-corrected chi connectivity index (χ1v) is 7.29. The van der Waals surface area contributed by atoms with Crippen LogP contribution in [-0.4, -0.2) is 24.5 Å². The lowest BCUT2D eigenvalue weighted by Crippen LogP contribution is -2.29. The highest BCUT2D eigenvalue weighted by molar-refractivity contribution is 7.92. The molecule has 0 saturated heterocycles. The lowest BCUT2D eigenvalue weighted by molar-refractivity contribution is 0.164. The van der Waals surface area contributed by atoms with E-state index in [2.05, 4.69) is 0 Å². The Hall–Kier alpha value is -0.940. The van der Waals surface area contributed by atoms with Gasteiger partial charge in [0, 0.05) is 11.3 Å². The molecule has 0 aliphatic rings. The third-order valence-corrected chi connectivity index (χ3v) is 5.16. The van der Waals surface area contributed by atoms with Crippen LogP contribution in [0.5, 0.6) is 0 Å². The van der Waals surface area contributed by atoms with Gasteiger partial charge in [0.05, 0.1) is 11.4 Å². The van der Waals surface area contributed by atoms with Gasteiger partial charge in [0.15, 0.2) is 9.84 Å². The van der Waals surface area contributed by atoms with Gasteiger partial charge < -0.3 is 5.11 Å². The van der Waals surface area contributed by atoms with Crippen LogP contribution in [0.15, 0.2) is 24.3 Å². The normalized spacial score (nSPS) is 15.5. The fourth-order valence-corrected chi connectivity index (χ4v) is 3.28. The summed E-state index contributed by atoms with van der Waals surface area (Å²) < 4.78 is 37.0. The van der Waals surface area contributed by atoms with E-state index in [4.69, 9.17) is 0 Å². The van der Waals surface area contributed by atoms with E-state index in [9.17, 15) is 17.9 Å². The van der Waals surface area contributed by atoms with Gasteiger partial charge in [0.25, 0.3) is 0 Å². The molecule has 2 atom stereocenters. The number of benzene rings is 1. The van der Waals surface area contributed by atoms with Crippen LogP contribution >= 0.6 is 0 Å². The second kappa shape index (κ2) is 5.60. The van der Waals surface area contributed by atoms with Crippen LogP contribution in [-0.2, 0) is 9.84 Å². The third kappa shape index (κ3) is 3.04. The maximum atomic E-state index is 13.5. The van der Waals surface area contributed by atoms with Crippen molar-refractivity contribution in [3.8, 4) is 0 Å². The summed E-state index contributed by atoms with van der Waals surface area (Å²) in [4.78, 5) is 0. The Labute approximate surface area is 101 Å². The van der Waals surface area contributed by atoms with Crippen LogP contribution in [0.1, 0.15) is 31.9 Å². The molecule has 0 bridgehead atoms. The number of rotatable bonds is 5. The second-order valence-electron chi connectivity index (χ2n) is 3.86. The van der Waals surface area contributed by atoms with Crippen LogP contribution in [0.25, 0.3) is 0 Å². The molecule has 0 heterocycles. The van der Waals surface area contributed by atoms with Crippen LogP contribution in [0.3, 0.4) is 0 Å². The van der Waals surface area contributed by atoms with Crippen LogP contribution in [0.2, 0.25) is 0 Å². The minimum atomic E-state index is -3.39. The van der Waals surface area contributed by atoms with Crippen molar-refractivity contribution in [2.75, 3.05) is 5.75 Å². The van der Waals surface area contributed by atoms with Crippen molar-refractivity contribution >= 4 is 9.84 Å². The molecule has 0 spiro atoms. The summed E-state index contributed by atoms with van der Waals surface area (Å²) in [6, 6.07) is 5.70. The summed E-state index contributed by atoms with van der Waals surface area (Å²) in [7, 11) is -3.39. The van der Waals surface area contributed by atoms with Gasteiger partial charge in [-0.1, -0.05) is 32.0 Å². The van der Waals surface area contributed by atoms with Crippen molar-refractivity contribution in [1.29, 1.82) is 0 Å². The molecular weight excluding hydrogens is 243 g/mol. The van der Waals surface area contributed by atoms with Crippen LogP contribution in [0.4, 0.5) is 4.39 Å². The van der Waals surface area contributed by atoms with E-state index in [-0.39, 0.29) is 17.7 Å². The Morgan fingerprint density at radius 3 is 2.35 bits per heavy atom. The standard InChI is InChI=1S/C12H17FO3S/c1-3-11(17(15,16)4-2)12(14)9-7-5-6-8-10(9)13/h5-8,11-12,14H,3-4H2,1-2H3/t11-,12-/m0/s1. The summed E-state index contributed by atoms with van der Waals surface area (Å²) >= 11 is 0. The molecule has 5 heteroatoms. The van der Waals surface area contributed by atoms with E-state index in [0.717, 1.165) is 0 Å². The average Bonchev–Trinajstić information content (AvgIpc) is 2.30. The van der Waals surface area contributed by atoms with Crippen molar-refractivity contribution in [1.82, 2.24) is 0 Å². The number of hydrogen-bond donors (Lipinski definition) is 1. The Morgan fingerprint density at radius 1 is 1.29 bits per heavy atom. The van der Waals surface area contributed by atoms with E-state index in [1.165, 1.54) is 25.1 Å². The van der Waals surface area contributed by atoms with E-state index in [0.29, 0.717) is 0 Å². The molecule has 1 rings (SSSR count). The SMILES string of the molecule is CC[C@@H]([C@@H](O)c1ccccc1F)S(=O)(=O)CC. The Morgan fingerprint density at radius 2 is 1.88 bits per heavy atom. The van der Waals surface area contributed by atoms with Crippen molar-refractivity contribution in [3.05, 3.63) is 35.6 Å². The Bertz CT molecular complexity index is 470. The van der Waals surface area contributed by atoms with Gasteiger partial charge in [-0.3, -0.25) is 0 Å². The first-order chi connectivity index (χ1) is 7.94. The number of aliphatic hydroxyl groups excluding tert-OH is 1. The molecule has 96 valence electrons. The van der Waals surface area contributed by atoms with Gasteiger partial charge in [-0.25, -0.2) is 12.8 Å². The summed E-state index contributed by atoms with van der Waals surface area (Å²) in [6.07, 6.45) is -1.06. The molecule has 0 fully saturated rings. The molecular formula is C12H17FO3S. The Balaban J connectivity index is 3.11. The molecule has 1 aromatic rings. The largest absolute Gasteiger partial charge is 0.387 e. The van der Waals surface area contributed by atoms with E-state index >= 15 is 0 Å². The molecule has 0 amide bonds. The number of hydrogen-bond acceptors (Lipinski definition) is 3. The molecule has 3 nitrogen and oxygen atoms in total. The molecule has 17 heavy (non-hydrogen) atoms. The molecule has 1 N–H and O–H groups in total. The minimum Gasteiger partial charge on any atom is -0.387 e. The second-order valence-corrected chi connectivity index (χ2v) is 6.37. The molecule has 0 unspecified atom stereocenters. The summed E-state index contributed by atoms with van der Waals surface area (Å²) in [5.74, 6) is -0.637. The zero-order chi connectivity index (χ0) is 13.1. The molecule has 0 aromatic heterocycles. The molecule has 0 saturated carbocycles. The first-order valence-electron chi connectivity index (χ1n) is 5.58. The molecule has 0 radical (unpaired) electrons. The first kappa shape index (κ1) is 14.1. The minimum absolute atomic E-state index is 0.0383. The summed E-state index contributed by atoms with van der Waals surface area (Å²) in [5.41, 5.74) is 0.0383. The topological polar surface area (TPSA) is 54.4 Å². The number of aliphatic hydroxyl groups is 1. The summed E-state index contributed by atoms with van der Waals surface area (Å²) in [6.45, 7) is 3.19. The lowest BCUT2D eigenvalue weighted by atomic mass is 10.0. The van der Waals surface area contributed by atoms with Gasteiger partial charge in [0.1, 0.15) is 5.82 Å². The van der Waals surface area contributed by atoms with Crippen molar-refractivity contribution in [3.63, 3.8) is 0 Å².